The van der Waals surface area contributed by atoms with Gasteiger partial charge in [0.25, 0.3) is 0 Å². The molecular formula is C15H15ClN2O2S. The topological polar surface area (TPSA) is 51.2 Å². The Bertz CT molecular complexity index is 632. The summed E-state index contributed by atoms with van der Waals surface area (Å²) in [6.07, 6.45) is 1.63. The number of methoxy groups -OCH3 is 1. The average molecular weight is 323 g/mol. The van der Waals surface area contributed by atoms with Crippen molar-refractivity contribution >= 4 is 35.0 Å². The number of nitrogens with zero attached hydrogens (tertiary/aromatic N) is 1. The van der Waals surface area contributed by atoms with Gasteiger partial charge in [-0.3, -0.25) is 4.79 Å². The van der Waals surface area contributed by atoms with Crippen LogP contribution in [0.25, 0.3) is 0 Å². The minimum Gasteiger partial charge on any atom is -0.497 e. The lowest BCUT2D eigenvalue weighted by Gasteiger charge is -2.08. The van der Waals surface area contributed by atoms with Gasteiger partial charge in [0.1, 0.15) is 10.9 Å². The van der Waals surface area contributed by atoms with Crippen LogP contribution in [-0.4, -0.2) is 23.8 Å². The Kier molecular flexibility index (Phi) is 5.47. The van der Waals surface area contributed by atoms with Gasteiger partial charge < -0.3 is 10.1 Å². The molecule has 0 saturated heterocycles. The Hall–Kier alpha value is -1.72. The van der Waals surface area contributed by atoms with Gasteiger partial charge in [-0.2, -0.15) is 0 Å². The SMILES string of the molecule is COc1ccc(SCC(=O)Nc2cc(Cl)ncc2C)cc1. The van der Waals surface area contributed by atoms with Crippen LogP contribution in [0.15, 0.2) is 41.4 Å². The zero-order valence-electron chi connectivity index (χ0n) is 11.7. The van der Waals surface area contributed by atoms with Gasteiger partial charge in [-0.1, -0.05) is 11.6 Å². The molecule has 21 heavy (non-hydrogen) atoms. The van der Waals surface area contributed by atoms with E-state index in [1.165, 1.54) is 11.8 Å². The monoisotopic (exact) mass is 322 g/mol. The molecule has 0 aliphatic carbocycles. The number of amides is 1. The molecule has 2 rings (SSSR count). The number of aromatic nitrogens is 1. The van der Waals surface area contributed by atoms with Gasteiger partial charge in [-0.25, -0.2) is 4.98 Å². The lowest BCUT2D eigenvalue weighted by molar-refractivity contribution is -0.113. The van der Waals surface area contributed by atoms with Crippen molar-refractivity contribution in [3.63, 3.8) is 0 Å². The highest BCUT2D eigenvalue weighted by atomic mass is 35.5. The lowest BCUT2D eigenvalue weighted by atomic mass is 10.2. The van der Waals surface area contributed by atoms with Crippen molar-refractivity contribution in [3.05, 3.63) is 47.2 Å². The van der Waals surface area contributed by atoms with Gasteiger partial charge in [0.05, 0.1) is 12.9 Å². The molecule has 1 aromatic heterocycles. The van der Waals surface area contributed by atoms with E-state index < -0.39 is 0 Å². The van der Waals surface area contributed by atoms with E-state index in [0.717, 1.165) is 16.2 Å². The standard InChI is InChI=1S/C15H15ClN2O2S/c1-10-8-17-14(16)7-13(10)18-15(19)9-21-12-5-3-11(20-2)4-6-12/h3-8H,9H2,1-2H3,(H,17,18,19). The van der Waals surface area contributed by atoms with E-state index in [0.29, 0.717) is 16.6 Å². The first kappa shape index (κ1) is 15.7. The molecule has 0 aliphatic heterocycles. The second-order valence-corrected chi connectivity index (χ2v) is 5.77. The molecule has 0 unspecified atom stereocenters. The number of rotatable bonds is 5. The minimum absolute atomic E-state index is 0.0822. The number of hydrogen-bond acceptors (Lipinski definition) is 4. The molecule has 0 radical (unpaired) electrons. The highest BCUT2D eigenvalue weighted by Crippen LogP contribution is 2.22. The summed E-state index contributed by atoms with van der Waals surface area (Å²) in [5.74, 6) is 1.04. The molecule has 0 bridgehead atoms. The number of anilines is 1. The summed E-state index contributed by atoms with van der Waals surface area (Å²) in [6, 6.07) is 9.23. The number of pyridine rings is 1. The third-order valence-electron chi connectivity index (χ3n) is 2.77. The first-order chi connectivity index (χ1) is 10.1. The summed E-state index contributed by atoms with van der Waals surface area (Å²) in [4.78, 5) is 16.9. The number of thioether (sulfide) groups is 1. The predicted octanol–water partition coefficient (Wildman–Crippen LogP) is 3.78. The molecule has 0 aliphatic rings. The van der Waals surface area contributed by atoms with Crippen LogP contribution in [0.3, 0.4) is 0 Å². The number of hydrogen-bond donors (Lipinski definition) is 1. The summed E-state index contributed by atoms with van der Waals surface area (Å²) in [7, 11) is 1.62. The van der Waals surface area contributed by atoms with Crippen LogP contribution in [0.5, 0.6) is 5.75 Å². The van der Waals surface area contributed by atoms with Crippen LogP contribution < -0.4 is 10.1 Å². The summed E-state index contributed by atoms with van der Waals surface area (Å²) in [5.41, 5.74) is 1.57. The van der Waals surface area contributed by atoms with Crippen molar-refractivity contribution in [2.24, 2.45) is 0 Å². The molecule has 110 valence electrons. The highest BCUT2D eigenvalue weighted by Gasteiger charge is 2.07. The zero-order valence-corrected chi connectivity index (χ0v) is 13.3. The number of ether oxygens (including phenoxy) is 1. The quantitative estimate of drug-likeness (QED) is 0.672. The molecule has 0 atom stereocenters. The molecule has 4 nitrogen and oxygen atoms in total. The first-order valence-corrected chi connectivity index (χ1v) is 7.63. The summed E-state index contributed by atoms with van der Waals surface area (Å²) in [5, 5.41) is 3.19. The molecule has 0 fully saturated rings. The van der Waals surface area contributed by atoms with Crippen molar-refractivity contribution in [2.75, 3.05) is 18.2 Å². The van der Waals surface area contributed by atoms with Crippen molar-refractivity contribution in [1.29, 1.82) is 0 Å². The van der Waals surface area contributed by atoms with E-state index in [-0.39, 0.29) is 5.91 Å². The van der Waals surface area contributed by atoms with E-state index in [4.69, 9.17) is 16.3 Å². The maximum absolute atomic E-state index is 12.0. The van der Waals surface area contributed by atoms with Crippen molar-refractivity contribution in [2.45, 2.75) is 11.8 Å². The van der Waals surface area contributed by atoms with Gasteiger partial charge >= 0.3 is 0 Å². The van der Waals surface area contributed by atoms with Gasteiger partial charge in [-0.05, 0) is 42.8 Å². The average Bonchev–Trinajstić information content (AvgIpc) is 2.49. The fourth-order valence-electron chi connectivity index (χ4n) is 1.64. The second-order valence-electron chi connectivity index (χ2n) is 4.33. The van der Waals surface area contributed by atoms with Crippen LogP contribution >= 0.6 is 23.4 Å². The highest BCUT2D eigenvalue weighted by molar-refractivity contribution is 8.00. The van der Waals surface area contributed by atoms with E-state index in [2.05, 4.69) is 10.3 Å². The molecule has 0 saturated carbocycles. The molecule has 1 amide bonds. The van der Waals surface area contributed by atoms with E-state index in [9.17, 15) is 4.79 Å². The number of carbonyl (C=O) groups is 1. The molecule has 1 N–H and O–H groups in total. The normalized spacial score (nSPS) is 10.2. The van der Waals surface area contributed by atoms with Gasteiger partial charge in [0, 0.05) is 16.8 Å². The van der Waals surface area contributed by atoms with Crippen LogP contribution in [0, 0.1) is 6.92 Å². The van der Waals surface area contributed by atoms with E-state index in [1.54, 1.807) is 19.4 Å². The largest absolute Gasteiger partial charge is 0.497 e. The molecule has 0 spiro atoms. The van der Waals surface area contributed by atoms with Crippen molar-refractivity contribution in [1.82, 2.24) is 4.98 Å². The van der Waals surface area contributed by atoms with Crippen molar-refractivity contribution in [3.8, 4) is 5.75 Å². The molecule has 2 aromatic rings. The predicted molar refractivity (Wildman–Crippen MR) is 86.3 cm³/mol. The fourth-order valence-corrected chi connectivity index (χ4v) is 2.50. The maximum atomic E-state index is 12.0. The molecular weight excluding hydrogens is 308 g/mol. The summed E-state index contributed by atoms with van der Waals surface area (Å²) >= 11 is 7.28. The number of aryl methyl sites for hydroxylation is 1. The van der Waals surface area contributed by atoms with Crippen molar-refractivity contribution < 1.29 is 9.53 Å². The third kappa shape index (κ3) is 4.65. The third-order valence-corrected chi connectivity index (χ3v) is 3.99. The Morgan fingerprint density at radius 3 is 2.76 bits per heavy atom. The zero-order chi connectivity index (χ0) is 15.2. The Morgan fingerprint density at radius 2 is 2.10 bits per heavy atom. The number of benzene rings is 1. The van der Waals surface area contributed by atoms with Crippen LogP contribution in [-0.2, 0) is 4.79 Å². The molecule has 6 heteroatoms. The molecule has 1 heterocycles. The Balaban J connectivity index is 1.91. The maximum Gasteiger partial charge on any atom is 0.234 e. The smallest absolute Gasteiger partial charge is 0.234 e. The van der Waals surface area contributed by atoms with E-state index in [1.807, 2.05) is 31.2 Å². The summed E-state index contributed by atoms with van der Waals surface area (Å²) < 4.78 is 5.09. The van der Waals surface area contributed by atoms with Gasteiger partial charge in [0.2, 0.25) is 5.91 Å². The van der Waals surface area contributed by atoms with Gasteiger partial charge in [-0.15, -0.1) is 11.8 Å². The second kappa shape index (κ2) is 7.33. The number of halogens is 1. The number of nitrogens with one attached hydrogen (secondary N) is 1. The lowest BCUT2D eigenvalue weighted by Crippen LogP contribution is -2.14. The minimum atomic E-state index is -0.0822. The Labute approximate surface area is 132 Å². The van der Waals surface area contributed by atoms with Crippen LogP contribution in [0.2, 0.25) is 5.15 Å². The van der Waals surface area contributed by atoms with Gasteiger partial charge in [0.15, 0.2) is 0 Å². The van der Waals surface area contributed by atoms with Crippen LogP contribution in [0.1, 0.15) is 5.56 Å². The number of carbonyl (C=O) groups excluding carboxylic acids is 1. The fraction of sp³-hybridized carbons (Fsp3) is 0.200. The first-order valence-electron chi connectivity index (χ1n) is 6.27. The van der Waals surface area contributed by atoms with Crippen LogP contribution in [0.4, 0.5) is 5.69 Å². The molecule has 1 aromatic carbocycles. The summed E-state index contributed by atoms with van der Waals surface area (Å²) in [6.45, 7) is 1.87. The Morgan fingerprint density at radius 1 is 1.38 bits per heavy atom. The van der Waals surface area contributed by atoms with E-state index >= 15 is 0 Å².